The number of rotatable bonds is 4. The molecule has 1 aliphatic rings. The number of fused-ring (bicyclic) bond motifs is 1. The number of hydrogen-bond acceptors (Lipinski definition) is 4. The van der Waals surface area contributed by atoms with Crippen molar-refractivity contribution in [2.75, 3.05) is 19.3 Å². The Bertz CT molecular complexity index is 989. The van der Waals surface area contributed by atoms with E-state index < -0.39 is 9.84 Å². The highest BCUT2D eigenvalue weighted by atomic mass is 32.2. The Balaban J connectivity index is 1.52. The van der Waals surface area contributed by atoms with Gasteiger partial charge in [-0.05, 0) is 42.5 Å². The van der Waals surface area contributed by atoms with Crippen molar-refractivity contribution in [1.82, 2.24) is 20.1 Å². The zero-order valence-corrected chi connectivity index (χ0v) is 15.0. The molecule has 0 unspecified atom stereocenters. The molecule has 6 nitrogen and oxygen atoms in total. The van der Waals surface area contributed by atoms with E-state index in [1.165, 1.54) is 23.4 Å². The maximum Gasteiger partial charge on any atom is 0.178 e. The summed E-state index contributed by atoms with van der Waals surface area (Å²) >= 11 is 0. The van der Waals surface area contributed by atoms with Crippen molar-refractivity contribution in [3.05, 3.63) is 47.9 Å². The summed E-state index contributed by atoms with van der Waals surface area (Å²) < 4.78 is 23.9. The smallest absolute Gasteiger partial charge is 0.178 e. The highest BCUT2D eigenvalue weighted by Gasteiger charge is 2.27. The SMILES string of the molecule is CS(=O)(=O)c1cn[nH]c1[C@H]1CCCN(Cc2ccc3cc[nH]c3c2)C1. The standard InChI is InChI=1S/C18H22N4O2S/c1-25(23,24)17-10-20-21-18(17)15-3-2-8-22(12-15)11-13-4-5-14-6-7-19-16(14)9-13/h4-7,9-10,15,19H,2-3,8,11-12H2,1H3,(H,20,21)/t15-/m0/s1. The number of hydrogen-bond donors (Lipinski definition) is 2. The normalized spacial score (nSPS) is 19.5. The summed E-state index contributed by atoms with van der Waals surface area (Å²) in [6, 6.07) is 8.56. The Morgan fingerprint density at radius 2 is 2.20 bits per heavy atom. The first-order valence-corrected chi connectivity index (χ1v) is 10.4. The molecule has 1 fully saturated rings. The summed E-state index contributed by atoms with van der Waals surface area (Å²) in [5.41, 5.74) is 3.18. The van der Waals surface area contributed by atoms with E-state index >= 15 is 0 Å². The zero-order chi connectivity index (χ0) is 17.4. The molecule has 4 rings (SSSR count). The van der Waals surface area contributed by atoms with E-state index in [0.717, 1.165) is 43.7 Å². The molecule has 2 N–H and O–H groups in total. The number of aromatic nitrogens is 3. The number of sulfone groups is 1. The van der Waals surface area contributed by atoms with E-state index in [-0.39, 0.29) is 5.92 Å². The van der Waals surface area contributed by atoms with Crippen LogP contribution in [-0.4, -0.2) is 47.8 Å². The van der Waals surface area contributed by atoms with Crippen LogP contribution in [0.2, 0.25) is 0 Å². The van der Waals surface area contributed by atoms with Crippen molar-refractivity contribution in [3.8, 4) is 0 Å². The minimum Gasteiger partial charge on any atom is -0.361 e. The second-order valence-electron chi connectivity index (χ2n) is 6.89. The molecule has 7 heteroatoms. The average Bonchev–Trinajstić information content (AvgIpc) is 3.23. The first kappa shape index (κ1) is 16.4. The fourth-order valence-electron chi connectivity index (χ4n) is 3.76. The topological polar surface area (TPSA) is 81.8 Å². The van der Waals surface area contributed by atoms with E-state index in [1.807, 2.05) is 6.20 Å². The highest BCUT2D eigenvalue weighted by molar-refractivity contribution is 7.90. The highest BCUT2D eigenvalue weighted by Crippen LogP contribution is 2.30. The molecule has 0 spiro atoms. The molecule has 1 aliphatic heterocycles. The lowest BCUT2D eigenvalue weighted by atomic mass is 9.94. The molecule has 1 aromatic carbocycles. The van der Waals surface area contributed by atoms with Gasteiger partial charge >= 0.3 is 0 Å². The van der Waals surface area contributed by atoms with Gasteiger partial charge in [0.25, 0.3) is 0 Å². The number of aromatic amines is 2. The van der Waals surface area contributed by atoms with Gasteiger partial charge in [-0.3, -0.25) is 10.00 Å². The van der Waals surface area contributed by atoms with Crippen LogP contribution in [0.5, 0.6) is 0 Å². The molecule has 25 heavy (non-hydrogen) atoms. The number of H-pyrrole nitrogens is 2. The molecule has 2 aromatic heterocycles. The van der Waals surface area contributed by atoms with E-state index in [9.17, 15) is 8.42 Å². The van der Waals surface area contributed by atoms with Gasteiger partial charge in [0.2, 0.25) is 0 Å². The maximum atomic E-state index is 12.0. The lowest BCUT2D eigenvalue weighted by Crippen LogP contribution is -2.34. The average molecular weight is 358 g/mol. The Hall–Kier alpha value is -2.12. The van der Waals surface area contributed by atoms with Crippen molar-refractivity contribution >= 4 is 20.7 Å². The minimum atomic E-state index is -3.25. The largest absolute Gasteiger partial charge is 0.361 e. The molecule has 0 amide bonds. The third-order valence-corrected chi connectivity index (χ3v) is 6.10. The van der Waals surface area contributed by atoms with Crippen LogP contribution in [0.15, 0.2) is 41.6 Å². The molecule has 0 bridgehead atoms. The molecule has 0 saturated carbocycles. The monoisotopic (exact) mass is 358 g/mol. The summed E-state index contributed by atoms with van der Waals surface area (Å²) in [4.78, 5) is 5.99. The predicted molar refractivity (Wildman–Crippen MR) is 97.2 cm³/mol. The third kappa shape index (κ3) is 3.34. The van der Waals surface area contributed by atoms with Gasteiger partial charge in [0.15, 0.2) is 9.84 Å². The molecular weight excluding hydrogens is 336 g/mol. The molecule has 1 atom stereocenters. The van der Waals surface area contributed by atoms with Crippen LogP contribution in [0.1, 0.15) is 30.0 Å². The van der Waals surface area contributed by atoms with Gasteiger partial charge in [0.1, 0.15) is 4.90 Å². The second-order valence-corrected chi connectivity index (χ2v) is 8.88. The molecule has 1 saturated heterocycles. The van der Waals surface area contributed by atoms with E-state index in [1.54, 1.807) is 0 Å². The van der Waals surface area contributed by atoms with Gasteiger partial charge in [-0.15, -0.1) is 0 Å². The van der Waals surface area contributed by atoms with Gasteiger partial charge in [0, 0.05) is 37.0 Å². The third-order valence-electron chi connectivity index (χ3n) is 4.97. The van der Waals surface area contributed by atoms with E-state index in [0.29, 0.717) is 4.90 Å². The number of piperidine rings is 1. The molecule has 3 aromatic rings. The van der Waals surface area contributed by atoms with Crippen molar-refractivity contribution in [3.63, 3.8) is 0 Å². The van der Waals surface area contributed by atoms with Gasteiger partial charge < -0.3 is 4.98 Å². The molecule has 0 aliphatic carbocycles. The Morgan fingerprint density at radius 3 is 3.04 bits per heavy atom. The van der Waals surface area contributed by atoms with Crippen molar-refractivity contribution < 1.29 is 8.42 Å². The van der Waals surface area contributed by atoms with Crippen molar-refractivity contribution in [2.24, 2.45) is 0 Å². The van der Waals surface area contributed by atoms with E-state index in [2.05, 4.69) is 44.3 Å². The number of nitrogens with zero attached hydrogens (tertiary/aromatic N) is 2. The van der Waals surface area contributed by atoms with Crippen LogP contribution < -0.4 is 0 Å². The van der Waals surface area contributed by atoms with Crippen molar-refractivity contribution in [2.45, 2.75) is 30.2 Å². The first-order chi connectivity index (χ1) is 12.0. The predicted octanol–water partition coefficient (Wildman–Crippen LogP) is 2.67. The Labute approximate surface area is 147 Å². The fourth-order valence-corrected chi connectivity index (χ4v) is 4.62. The Kier molecular flexibility index (Phi) is 4.13. The van der Waals surface area contributed by atoms with Crippen LogP contribution in [0.3, 0.4) is 0 Å². The maximum absolute atomic E-state index is 12.0. The lowest BCUT2D eigenvalue weighted by molar-refractivity contribution is 0.197. The van der Waals surface area contributed by atoms with Gasteiger partial charge in [0.05, 0.1) is 11.9 Å². The molecule has 132 valence electrons. The molecule has 0 radical (unpaired) electrons. The van der Waals surface area contributed by atoms with Gasteiger partial charge in [-0.2, -0.15) is 5.10 Å². The quantitative estimate of drug-likeness (QED) is 0.751. The number of benzene rings is 1. The summed E-state index contributed by atoms with van der Waals surface area (Å²) in [7, 11) is -3.25. The summed E-state index contributed by atoms with van der Waals surface area (Å²) in [6.45, 7) is 2.74. The van der Waals surface area contributed by atoms with Crippen LogP contribution >= 0.6 is 0 Å². The van der Waals surface area contributed by atoms with Crippen LogP contribution in [0, 0.1) is 0 Å². The number of nitrogens with one attached hydrogen (secondary N) is 2. The number of likely N-dealkylation sites (tertiary alicyclic amines) is 1. The summed E-state index contributed by atoms with van der Waals surface area (Å²) in [5.74, 6) is 0.176. The lowest BCUT2D eigenvalue weighted by Gasteiger charge is -2.32. The molecular formula is C18H22N4O2S. The second kappa shape index (κ2) is 6.31. The summed E-state index contributed by atoms with van der Waals surface area (Å²) in [5, 5.41) is 8.12. The minimum absolute atomic E-state index is 0.176. The van der Waals surface area contributed by atoms with Gasteiger partial charge in [-0.1, -0.05) is 12.1 Å². The summed E-state index contributed by atoms with van der Waals surface area (Å²) in [6.07, 6.45) is 6.67. The van der Waals surface area contributed by atoms with Crippen molar-refractivity contribution in [1.29, 1.82) is 0 Å². The fraction of sp³-hybridized carbons (Fsp3) is 0.389. The molecule has 3 heterocycles. The first-order valence-electron chi connectivity index (χ1n) is 8.52. The van der Waals surface area contributed by atoms with Crippen LogP contribution in [0.4, 0.5) is 0 Å². The van der Waals surface area contributed by atoms with Crippen LogP contribution in [-0.2, 0) is 16.4 Å². The van der Waals surface area contributed by atoms with Crippen LogP contribution in [0.25, 0.3) is 10.9 Å². The Morgan fingerprint density at radius 1 is 1.32 bits per heavy atom. The van der Waals surface area contributed by atoms with E-state index in [4.69, 9.17) is 0 Å². The zero-order valence-electron chi connectivity index (χ0n) is 14.2. The van der Waals surface area contributed by atoms with Gasteiger partial charge in [-0.25, -0.2) is 8.42 Å².